The van der Waals surface area contributed by atoms with Crippen molar-refractivity contribution in [3.05, 3.63) is 30.4 Å². The van der Waals surface area contributed by atoms with Crippen LogP contribution in [0.1, 0.15) is 0 Å². The number of benzene rings is 1. The highest BCUT2D eigenvalue weighted by atomic mass is 35.5. The summed E-state index contributed by atoms with van der Waals surface area (Å²) in [5, 5.41) is 0. The van der Waals surface area contributed by atoms with Crippen LogP contribution in [0.15, 0.2) is 30.4 Å². The van der Waals surface area contributed by atoms with Gasteiger partial charge < -0.3 is 14.2 Å². The number of rotatable bonds is 6. The Hall–Kier alpha value is -1.35. The predicted octanol–water partition coefficient (Wildman–Crippen LogP) is 2.88. The van der Waals surface area contributed by atoms with Gasteiger partial charge in [-0.05, 0) is 5.57 Å². The average Bonchev–Trinajstić information content (AvgIpc) is 2.35. The standard InChI is InChI=1S/C12H15ClO3/c1-9(7-13)8-16-12-5-10(14-2)4-11(6-12)15-3/h4-6H,1,7-8H2,2-3H3. The van der Waals surface area contributed by atoms with Gasteiger partial charge in [0.05, 0.1) is 14.2 Å². The van der Waals surface area contributed by atoms with E-state index in [4.69, 9.17) is 25.8 Å². The van der Waals surface area contributed by atoms with Gasteiger partial charge in [0.15, 0.2) is 0 Å². The van der Waals surface area contributed by atoms with Crippen LogP contribution in [0.5, 0.6) is 17.2 Å². The molecule has 1 aromatic carbocycles. The summed E-state index contributed by atoms with van der Waals surface area (Å²) < 4.78 is 15.7. The van der Waals surface area contributed by atoms with Gasteiger partial charge in [-0.1, -0.05) is 6.58 Å². The molecule has 3 nitrogen and oxygen atoms in total. The molecule has 88 valence electrons. The highest BCUT2D eigenvalue weighted by Crippen LogP contribution is 2.27. The molecular weight excluding hydrogens is 228 g/mol. The van der Waals surface area contributed by atoms with Gasteiger partial charge in [-0.15, -0.1) is 11.6 Å². The van der Waals surface area contributed by atoms with Crippen LogP contribution in [0, 0.1) is 0 Å². The summed E-state index contributed by atoms with van der Waals surface area (Å²) in [4.78, 5) is 0. The minimum atomic E-state index is 0.389. The number of hydrogen-bond acceptors (Lipinski definition) is 3. The molecule has 0 spiro atoms. The molecule has 0 radical (unpaired) electrons. The molecule has 0 aromatic heterocycles. The molecule has 0 N–H and O–H groups in total. The Kier molecular flexibility index (Phi) is 4.99. The van der Waals surface area contributed by atoms with E-state index in [-0.39, 0.29) is 0 Å². The van der Waals surface area contributed by atoms with Gasteiger partial charge in [-0.3, -0.25) is 0 Å². The summed E-state index contributed by atoms with van der Waals surface area (Å²) >= 11 is 5.61. The first-order valence-electron chi connectivity index (χ1n) is 4.78. The number of ether oxygens (including phenoxy) is 3. The van der Waals surface area contributed by atoms with Crippen LogP contribution in [0.4, 0.5) is 0 Å². The van der Waals surface area contributed by atoms with Gasteiger partial charge in [0.2, 0.25) is 0 Å². The minimum Gasteiger partial charge on any atom is -0.496 e. The summed E-state index contributed by atoms with van der Waals surface area (Å²) in [6.07, 6.45) is 0. The summed E-state index contributed by atoms with van der Waals surface area (Å²) in [5.41, 5.74) is 0.823. The van der Waals surface area contributed by atoms with Crippen molar-refractivity contribution >= 4 is 11.6 Å². The smallest absolute Gasteiger partial charge is 0.127 e. The Bertz CT molecular complexity index is 341. The van der Waals surface area contributed by atoms with Crippen molar-refractivity contribution in [3.63, 3.8) is 0 Å². The van der Waals surface area contributed by atoms with E-state index < -0.39 is 0 Å². The molecule has 0 atom stereocenters. The Morgan fingerprint density at radius 3 is 2.06 bits per heavy atom. The van der Waals surface area contributed by atoms with Gasteiger partial charge in [0, 0.05) is 24.1 Å². The Labute approximate surface area is 101 Å². The third-order valence-electron chi connectivity index (χ3n) is 1.96. The lowest BCUT2D eigenvalue weighted by Gasteiger charge is -2.10. The van der Waals surface area contributed by atoms with E-state index in [1.54, 1.807) is 32.4 Å². The van der Waals surface area contributed by atoms with Crippen LogP contribution in [-0.2, 0) is 0 Å². The first-order chi connectivity index (χ1) is 7.69. The second-order valence-electron chi connectivity index (χ2n) is 3.22. The van der Waals surface area contributed by atoms with Gasteiger partial charge in [-0.2, -0.15) is 0 Å². The van der Waals surface area contributed by atoms with Crippen molar-refractivity contribution in [2.75, 3.05) is 26.7 Å². The van der Waals surface area contributed by atoms with Crippen LogP contribution < -0.4 is 14.2 Å². The normalized spacial score (nSPS) is 9.69. The maximum Gasteiger partial charge on any atom is 0.127 e. The van der Waals surface area contributed by atoms with Crippen LogP contribution in [-0.4, -0.2) is 26.7 Å². The molecule has 1 rings (SSSR count). The zero-order chi connectivity index (χ0) is 12.0. The number of halogens is 1. The van der Waals surface area contributed by atoms with Crippen LogP contribution in [0.25, 0.3) is 0 Å². The SMILES string of the molecule is C=C(CCl)COc1cc(OC)cc(OC)c1. The zero-order valence-corrected chi connectivity index (χ0v) is 10.2. The highest BCUT2D eigenvalue weighted by Gasteiger charge is 2.03. The molecule has 0 bridgehead atoms. The van der Waals surface area contributed by atoms with E-state index in [0.29, 0.717) is 29.7 Å². The van der Waals surface area contributed by atoms with Gasteiger partial charge in [-0.25, -0.2) is 0 Å². The zero-order valence-electron chi connectivity index (χ0n) is 9.46. The van der Waals surface area contributed by atoms with Crippen LogP contribution in [0.2, 0.25) is 0 Å². The van der Waals surface area contributed by atoms with Crippen molar-refractivity contribution in [2.45, 2.75) is 0 Å². The summed E-state index contributed by atoms with van der Waals surface area (Å²) in [5.74, 6) is 2.43. The minimum absolute atomic E-state index is 0.389. The molecule has 4 heteroatoms. The van der Waals surface area contributed by atoms with Crippen molar-refractivity contribution in [1.82, 2.24) is 0 Å². The van der Waals surface area contributed by atoms with E-state index in [2.05, 4.69) is 6.58 Å². The molecule has 0 heterocycles. The monoisotopic (exact) mass is 242 g/mol. The molecule has 0 fully saturated rings. The second kappa shape index (κ2) is 6.28. The number of alkyl halides is 1. The Balaban J connectivity index is 2.74. The van der Waals surface area contributed by atoms with Crippen molar-refractivity contribution in [1.29, 1.82) is 0 Å². The molecule has 1 aromatic rings. The fourth-order valence-electron chi connectivity index (χ4n) is 1.09. The van der Waals surface area contributed by atoms with Gasteiger partial charge in [0.1, 0.15) is 23.9 Å². The quantitative estimate of drug-likeness (QED) is 0.567. The Morgan fingerprint density at radius 1 is 1.12 bits per heavy atom. The van der Waals surface area contributed by atoms with E-state index in [1.165, 1.54) is 0 Å². The van der Waals surface area contributed by atoms with Gasteiger partial charge in [0.25, 0.3) is 0 Å². The van der Waals surface area contributed by atoms with E-state index >= 15 is 0 Å². The van der Waals surface area contributed by atoms with Crippen molar-refractivity contribution in [2.24, 2.45) is 0 Å². The van der Waals surface area contributed by atoms with Crippen LogP contribution in [0.3, 0.4) is 0 Å². The van der Waals surface area contributed by atoms with E-state index in [9.17, 15) is 0 Å². The molecule has 0 aliphatic carbocycles. The lowest BCUT2D eigenvalue weighted by atomic mass is 10.3. The molecule has 0 saturated heterocycles. The first kappa shape index (κ1) is 12.7. The lowest BCUT2D eigenvalue weighted by molar-refractivity contribution is 0.341. The fraction of sp³-hybridized carbons (Fsp3) is 0.333. The summed E-state index contributed by atoms with van der Waals surface area (Å²) in [7, 11) is 3.19. The molecule has 0 saturated carbocycles. The largest absolute Gasteiger partial charge is 0.496 e. The maximum absolute atomic E-state index is 5.61. The van der Waals surface area contributed by atoms with E-state index in [1.807, 2.05) is 0 Å². The Morgan fingerprint density at radius 2 is 1.62 bits per heavy atom. The number of hydrogen-bond donors (Lipinski definition) is 0. The maximum atomic E-state index is 5.61. The lowest BCUT2D eigenvalue weighted by Crippen LogP contribution is -2.01. The highest BCUT2D eigenvalue weighted by molar-refractivity contribution is 6.19. The van der Waals surface area contributed by atoms with Crippen LogP contribution >= 0.6 is 11.6 Å². The van der Waals surface area contributed by atoms with E-state index in [0.717, 1.165) is 5.57 Å². The molecule has 0 unspecified atom stereocenters. The molecule has 16 heavy (non-hydrogen) atoms. The first-order valence-corrected chi connectivity index (χ1v) is 5.31. The topological polar surface area (TPSA) is 27.7 Å². The predicted molar refractivity (Wildman–Crippen MR) is 64.9 cm³/mol. The fourth-order valence-corrected chi connectivity index (χ4v) is 1.17. The summed E-state index contributed by atoms with van der Waals surface area (Å²) in [6.45, 7) is 4.14. The summed E-state index contributed by atoms with van der Waals surface area (Å²) in [6, 6.07) is 5.34. The second-order valence-corrected chi connectivity index (χ2v) is 3.49. The van der Waals surface area contributed by atoms with Crippen molar-refractivity contribution in [3.8, 4) is 17.2 Å². The number of methoxy groups -OCH3 is 2. The third-order valence-corrected chi connectivity index (χ3v) is 2.33. The average molecular weight is 243 g/mol. The third kappa shape index (κ3) is 3.66. The van der Waals surface area contributed by atoms with Crippen molar-refractivity contribution < 1.29 is 14.2 Å². The molecule has 0 amide bonds. The van der Waals surface area contributed by atoms with Gasteiger partial charge >= 0.3 is 0 Å². The molecule has 0 aliphatic rings. The molecule has 0 aliphatic heterocycles. The molecular formula is C12H15ClO3.